The molecular weight excluding hydrogens is 226 g/mol. The number of benzene rings is 2. The van der Waals surface area contributed by atoms with Crippen LogP contribution >= 0.6 is 0 Å². The van der Waals surface area contributed by atoms with Crippen LogP contribution in [0, 0.1) is 6.92 Å². The molecule has 0 saturated carbocycles. The molecule has 0 heterocycles. The first kappa shape index (κ1) is 12.2. The second kappa shape index (κ2) is 5.36. The van der Waals surface area contributed by atoms with Crippen molar-refractivity contribution in [2.45, 2.75) is 13.8 Å². The van der Waals surface area contributed by atoms with Gasteiger partial charge in [0.05, 0.1) is 0 Å². The van der Waals surface area contributed by atoms with Crippen LogP contribution in [0.3, 0.4) is 0 Å². The van der Waals surface area contributed by atoms with Crippen molar-refractivity contribution >= 4 is 17.3 Å². The topological polar surface area (TPSA) is 38.3 Å². The smallest absolute Gasteiger partial charge is 0.308 e. The van der Waals surface area contributed by atoms with Crippen LogP contribution in [-0.2, 0) is 4.79 Å². The number of anilines is 2. The quantitative estimate of drug-likeness (QED) is 0.658. The van der Waals surface area contributed by atoms with E-state index in [0.717, 1.165) is 11.4 Å². The summed E-state index contributed by atoms with van der Waals surface area (Å²) >= 11 is 0. The molecule has 2 aromatic carbocycles. The Labute approximate surface area is 106 Å². The molecule has 0 saturated heterocycles. The first-order valence-corrected chi connectivity index (χ1v) is 5.76. The van der Waals surface area contributed by atoms with Gasteiger partial charge in [0.2, 0.25) is 0 Å². The van der Waals surface area contributed by atoms with E-state index in [1.54, 1.807) is 12.1 Å². The van der Waals surface area contributed by atoms with Gasteiger partial charge < -0.3 is 10.1 Å². The number of carbonyl (C=O) groups is 1. The molecule has 0 bridgehead atoms. The lowest BCUT2D eigenvalue weighted by Gasteiger charge is -2.07. The van der Waals surface area contributed by atoms with Crippen LogP contribution in [0.4, 0.5) is 11.4 Å². The molecule has 3 nitrogen and oxygen atoms in total. The monoisotopic (exact) mass is 241 g/mol. The van der Waals surface area contributed by atoms with Crippen molar-refractivity contribution in [1.82, 2.24) is 0 Å². The minimum absolute atomic E-state index is 0.311. The number of carbonyl (C=O) groups excluding carboxylic acids is 1. The molecule has 0 radical (unpaired) electrons. The number of esters is 1. The molecule has 0 amide bonds. The lowest BCUT2D eigenvalue weighted by Crippen LogP contribution is -2.01. The summed E-state index contributed by atoms with van der Waals surface area (Å²) in [7, 11) is 0. The van der Waals surface area contributed by atoms with E-state index in [0.29, 0.717) is 5.75 Å². The Bertz CT molecular complexity index is 529. The molecule has 0 aromatic heterocycles. The summed E-state index contributed by atoms with van der Waals surface area (Å²) in [5.74, 6) is 0.242. The number of hydrogen-bond acceptors (Lipinski definition) is 3. The van der Waals surface area contributed by atoms with E-state index < -0.39 is 0 Å². The summed E-state index contributed by atoms with van der Waals surface area (Å²) in [6.45, 7) is 3.44. The molecule has 0 aliphatic heterocycles. The zero-order chi connectivity index (χ0) is 13.0. The molecule has 18 heavy (non-hydrogen) atoms. The minimum Gasteiger partial charge on any atom is -0.427 e. The van der Waals surface area contributed by atoms with Crippen molar-refractivity contribution in [2.24, 2.45) is 0 Å². The van der Waals surface area contributed by atoms with Gasteiger partial charge in [-0.05, 0) is 43.3 Å². The van der Waals surface area contributed by atoms with Crippen molar-refractivity contribution in [3.8, 4) is 5.75 Å². The van der Waals surface area contributed by atoms with Crippen molar-refractivity contribution in [1.29, 1.82) is 0 Å². The first-order valence-electron chi connectivity index (χ1n) is 5.76. The van der Waals surface area contributed by atoms with Gasteiger partial charge in [0, 0.05) is 18.3 Å². The number of aryl methyl sites for hydroxylation is 1. The van der Waals surface area contributed by atoms with Gasteiger partial charge in [0.15, 0.2) is 0 Å². The van der Waals surface area contributed by atoms with Gasteiger partial charge in [-0.2, -0.15) is 0 Å². The largest absolute Gasteiger partial charge is 0.427 e. The predicted molar refractivity (Wildman–Crippen MR) is 72.2 cm³/mol. The molecule has 0 aliphatic rings. The molecule has 1 N–H and O–H groups in total. The summed E-state index contributed by atoms with van der Waals surface area (Å²) in [6, 6.07) is 15.4. The molecule has 0 spiro atoms. The summed E-state index contributed by atoms with van der Waals surface area (Å²) in [6.07, 6.45) is 0. The van der Waals surface area contributed by atoms with Crippen LogP contribution in [-0.4, -0.2) is 5.97 Å². The maximum absolute atomic E-state index is 10.8. The van der Waals surface area contributed by atoms with Crippen LogP contribution < -0.4 is 10.1 Å². The molecule has 0 fully saturated rings. The lowest BCUT2D eigenvalue weighted by atomic mass is 10.2. The maximum atomic E-state index is 10.8. The third kappa shape index (κ3) is 3.35. The van der Waals surface area contributed by atoms with E-state index in [1.807, 2.05) is 24.3 Å². The average molecular weight is 241 g/mol. The number of hydrogen-bond donors (Lipinski definition) is 1. The Morgan fingerprint density at radius 3 is 1.94 bits per heavy atom. The van der Waals surface area contributed by atoms with Gasteiger partial charge in [-0.1, -0.05) is 17.7 Å². The van der Waals surface area contributed by atoms with E-state index in [9.17, 15) is 4.79 Å². The number of ether oxygens (including phenoxy) is 1. The summed E-state index contributed by atoms with van der Waals surface area (Å²) in [4.78, 5) is 10.8. The molecule has 0 atom stereocenters. The molecule has 92 valence electrons. The van der Waals surface area contributed by atoms with Crippen LogP contribution in [0.5, 0.6) is 5.75 Å². The second-order valence-corrected chi connectivity index (χ2v) is 4.11. The minimum atomic E-state index is -0.311. The van der Waals surface area contributed by atoms with E-state index >= 15 is 0 Å². The standard InChI is InChI=1S/C15H15NO2/c1-11-3-5-13(6-4-11)16-14-7-9-15(10-8-14)18-12(2)17/h3-10,16H,1-2H3. The van der Waals surface area contributed by atoms with Crippen LogP contribution in [0.1, 0.15) is 12.5 Å². The Morgan fingerprint density at radius 1 is 0.944 bits per heavy atom. The number of nitrogens with one attached hydrogen (secondary N) is 1. The van der Waals surface area contributed by atoms with Crippen LogP contribution in [0.25, 0.3) is 0 Å². The zero-order valence-corrected chi connectivity index (χ0v) is 10.4. The highest BCUT2D eigenvalue weighted by atomic mass is 16.5. The third-order valence-electron chi connectivity index (χ3n) is 2.46. The SMILES string of the molecule is CC(=O)Oc1ccc(Nc2ccc(C)cc2)cc1. The lowest BCUT2D eigenvalue weighted by molar-refractivity contribution is -0.131. The molecule has 0 aliphatic carbocycles. The van der Waals surface area contributed by atoms with Gasteiger partial charge in [-0.15, -0.1) is 0 Å². The van der Waals surface area contributed by atoms with Crippen molar-refractivity contribution in [3.05, 3.63) is 54.1 Å². The predicted octanol–water partition coefficient (Wildman–Crippen LogP) is 3.66. The maximum Gasteiger partial charge on any atom is 0.308 e. The molecule has 2 aromatic rings. The van der Waals surface area contributed by atoms with Crippen molar-refractivity contribution < 1.29 is 9.53 Å². The fraction of sp³-hybridized carbons (Fsp3) is 0.133. The van der Waals surface area contributed by atoms with Gasteiger partial charge in [0.25, 0.3) is 0 Å². The van der Waals surface area contributed by atoms with Gasteiger partial charge in [0.1, 0.15) is 5.75 Å². The van der Waals surface area contributed by atoms with Crippen molar-refractivity contribution in [2.75, 3.05) is 5.32 Å². The average Bonchev–Trinajstić information content (AvgIpc) is 2.34. The van der Waals surface area contributed by atoms with Crippen LogP contribution in [0.2, 0.25) is 0 Å². The fourth-order valence-electron chi connectivity index (χ4n) is 1.58. The highest BCUT2D eigenvalue weighted by Crippen LogP contribution is 2.20. The summed E-state index contributed by atoms with van der Waals surface area (Å²) < 4.78 is 4.97. The van der Waals surface area contributed by atoms with E-state index in [-0.39, 0.29) is 5.97 Å². The van der Waals surface area contributed by atoms with E-state index in [2.05, 4.69) is 24.4 Å². The zero-order valence-electron chi connectivity index (χ0n) is 10.4. The fourth-order valence-corrected chi connectivity index (χ4v) is 1.58. The highest BCUT2D eigenvalue weighted by Gasteiger charge is 1.98. The summed E-state index contributed by atoms with van der Waals surface area (Å²) in [5, 5.41) is 3.27. The molecule has 2 rings (SSSR count). The Hall–Kier alpha value is -2.29. The molecule has 0 unspecified atom stereocenters. The third-order valence-corrected chi connectivity index (χ3v) is 2.46. The highest BCUT2D eigenvalue weighted by molar-refractivity contribution is 5.69. The first-order chi connectivity index (χ1) is 8.63. The van der Waals surface area contributed by atoms with Crippen molar-refractivity contribution in [3.63, 3.8) is 0 Å². The summed E-state index contributed by atoms with van der Waals surface area (Å²) in [5.41, 5.74) is 3.21. The van der Waals surface area contributed by atoms with E-state index in [1.165, 1.54) is 12.5 Å². The van der Waals surface area contributed by atoms with Gasteiger partial charge in [-0.25, -0.2) is 0 Å². The van der Waals surface area contributed by atoms with Gasteiger partial charge in [-0.3, -0.25) is 4.79 Å². The molecule has 3 heteroatoms. The van der Waals surface area contributed by atoms with E-state index in [4.69, 9.17) is 4.74 Å². The number of rotatable bonds is 3. The Balaban J connectivity index is 2.06. The molecular formula is C15H15NO2. The normalized spacial score (nSPS) is 9.89. The van der Waals surface area contributed by atoms with Gasteiger partial charge >= 0.3 is 5.97 Å². The second-order valence-electron chi connectivity index (χ2n) is 4.11. The Kier molecular flexibility index (Phi) is 3.63. The van der Waals surface area contributed by atoms with Crippen LogP contribution in [0.15, 0.2) is 48.5 Å². The Morgan fingerprint density at radius 2 is 1.44 bits per heavy atom.